The first-order valence-corrected chi connectivity index (χ1v) is 10.6. The standard InChI is InChI=1S/C21H17N3O2S2/c1-27-15-10-11-20-17(12-15)24(16-7-3-5-9-19(16)28-20)21(26)23-22-13-14-6-2-4-8-18(14)25/h2-13,25H,1H3,(H,23,26)/b22-13+. The molecule has 2 N–H and O–H groups in total. The molecule has 28 heavy (non-hydrogen) atoms. The molecule has 0 saturated heterocycles. The number of hydrogen-bond donors (Lipinski definition) is 2. The number of benzene rings is 3. The van der Waals surface area contributed by atoms with Crippen LogP contribution in [0.2, 0.25) is 0 Å². The van der Waals surface area contributed by atoms with Gasteiger partial charge in [0, 0.05) is 20.2 Å². The first-order valence-electron chi connectivity index (χ1n) is 8.53. The number of hydrazone groups is 1. The minimum atomic E-state index is -0.362. The van der Waals surface area contributed by atoms with E-state index in [2.05, 4.69) is 16.6 Å². The number of aromatic hydroxyl groups is 1. The number of nitrogens with zero attached hydrogens (tertiary/aromatic N) is 2. The number of phenolic OH excluding ortho intramolecular Hbond substituents is 1. The molecule has 0 unspecified atom stereocenters. The van der Waals surface area contributed by atoms with Gasteiger partial charge in [-0.05, 0) is 48.7 Å². The van der Waals surface area contributed by atoms with E-state index in [-0.39, 0.29) is 11.8 Å². The van der Waals surface area contributed by atoms with Gasteiger partial charge in [-0.3, -0.25) is 4.90 Å². The summed E-state index contributed by atoms with van der Waals surface area (Å²) in [6.45, 7) is 0. The van der Waals surface area contributed by atoms with E-state index >= 15 is 0 Å². The van der Waals surface area contributed by atoms with Gasteiger partial charge in [-0.2, -0.15) is 5.10 Å². The number of hydrogen-bond acceptors (Lipinski definition) is 5. The summed E-state index contributed by atoms with van der Waals surface area (Å²) in [4.78, 5) is 17.8. The quantitative estimate of drug-likeness (QED) is 0.344. The van der Waals surface area contributed by atoms with Crippen LogP contribution in [-0.4, -0.2) is 23.6 Å². The molecule has 0 aliphatic carbocycles. The number of urea groups is 1. The predicted octanol–water partition coefficient (Wildman–Crippen LogP) is 5.46. The van der Waals surface area contributed by atoms with Crippen molar-refractivity contribution in [2.24, 2.45) is 5.10 Å². The van der Waals surface area contributed by atoms with Gasteiger partial charge in [-0.1, -0.05) is 36.0 Å². The summed E-state index contributed by atoms with van der Waals surface area (Å²) in [5, 5.41) is 13.9. The molecule has 140 valence electrons. The number of nitrogens with one attached hydrogen (secondary N) is 1. The van der Waals surface area contributed by atoms with Gasteiger partial charge in [0.05, 0.1) is 17.6 Å². The van der Waals surface area contributed by atoms with E-state index in [9.17, 15) is 9.90 Å². The third-order valence-electron chi connectivity index (χ3n) is 4.24. The molecule has 0 radical (unpaired) electrons. The highest BCUT2D eigenvalue weighted by Crippen LogP contribution is 2.48. The smallest absolute Gasteiger partial charge is 0.346 e. The monoisotopic (exact) mass is 407 g/mol. The van der Waals surface area contributed by atoms with Crippen molar-refractivity contribution in [3.63, 3.8) is 0 Å². The second-order valence-corrected chi connectivity index (χ2v) is 7.94. The summed E-state index contributed by atoms with van der Waals surface area (Å²) in [5.74, 6) is 0.107. The Morgan fingerprint density at radius 2 is 1.82 bits per heavy atom. The minimum absolute atomic E-state index is 0.107. The molecule has 1 heterocycles. The zero-order valence-corrected chi connectivity index (χ0v) is 16.6. The lowest BCUT2D eigenvalue weighted by Crippen LogP contribution is -2.35. The van der Waals surface area contributed by atoms with Crippen LogP contribution in [0.4, 0.5) is 16.2 Å². The number of carbonyl (C=O) groups is 1. The molecule has 0 saturated carbocycles. The molecule has 0 atom stereocenters. The molecule has 0 aromatic heterocycles. The number of carbonyl (C=O) groups excluding carboxylic acids is 1. The lowest BCUT2D eigenvalue weighted by molar-refractivity contribution is 0.249. The van der Waals surface area contributed by atoms with Gasteiger partial charge < -0.3 is 5.11 Å². The van der Waals surface area contributed by atoms with Gasteiger partial charge in [0.2, 0.25) is 0 Å². The van der Waals surface area contributed by atoms with Crippen molar-refractivity contribution >= 4 is 47.1 Å². The summed E-state index contributed by atoms with van der Waals surface area (Å²) in [6.07, 6.45) is 3.43. The minimum Gasteiger partial charge on any atom is -0.507 e. The van der Waals surface area contributed by atoms with Gasteiger partial charge in [0.1, 0.15) is 5.75 Å². The van der Waals surface area contributed by atoms with Crippen molar-refractivity contribution in [1.82, 2.24) is 5.43 Å². The molecule has 0 fully saturated rings. The fraction of sp³-hybridized carbons (Fsp3) is 0.0476. The Bertz CT molecular complexity index is 1070. The Hall–Kier alpha value is -2.90. The predicted molar refractivity (Wildman–Crippen MR) is 115 cm³/mol. The molecule has 5 nitrogen and oxygen atoms in total. The Labute approximate surface area is 171 Å². The number of thioether (sulfide) groups is 1. The summed E-state index contributed by atoms with van der Waals surface area (Å²) in [6, 6.07) is 20.3. The summed E-state index contributed by atoms with van der Waals surface area (Å²) >= 11 is 3.27. The molecule has 7 heteroatoms. The normalized spacial score (nSPS) is 12.5. The zero-order chi connectivity index (χ0) is 19.5. The van der Waals surface area contributed by atoms with Crippen molar-refractivity contribution in [2.45, 2.75) is 14.7 Å². The van der Waals surface area contributed by atoms with Crippen LogP contribution < -0.4 is 10.3 Å². The molecule has 3 aromatic rings. The van der Waals surface area contributed by atoms with E-state index in [4.69, 9.17) is 0 Å². The number of anilines is 2. The average Bonchev–Trinajstić information content (AvgIpc) is 2.72. The first kappa shape index (κ1) is 18.5. The van der Waals surface area contributed by atoms with Crippen LogP contribution in [0.25, 0.3) is 0 Å². The molecule has 1 aliphatic heterocycles. The Morgan fingerprint density at radius 3 is 2.64 bits per heavy atom. The van der Waals surface area contributed by atoms with Crippen molar-refractivity contribution in [3.05, 3.63) is 72.3 Å². The van der Waals surface area contributed by atoms with Gasteiger partial charge in [-0.15, -0.1) is 11.8 Å². The molecular weight excluding hydrogens is 390 g/mol. The highest BCUT2D eigenvalue weighted by atomic mass is 32.2. The second-order valence-electron chi connectivity index (χ2n) is 5.97. The third-order valence-corrected chi connectivity index (χ3v) is 6.09. The fourth-order valence-corrected chi connectivity index (χ4v) is 4.36. The van der Waals surface area contributed by atoms with Crippen LogP contribution in [0.5, 0.6) is 5.75 Å². The topological polar surface area (TPSA) is 64.9 Å². The summed E-state index contributed by atoms with van der Waals surface area (Å²) in [7, 11) is 0. The number of rotatable bonds is 3. The van der Waals surface area contributed by atoms with Gasteiger partial charge in [-0.25, -0.2) is 10.2 Å². The maximum atomic E-state index is 13.0. The van der Waals surface area contributed by atoms with Crippen LogP contribution in [0.1, 0.15) is 5.56 Å². The van der Waals surface area contributed by atoms with Crippen LogP contribution in [0.15, 0.2) is 86.5 Å². The average molecular weight is 408 g/mol. The number of phenols is 1. The number of fused-ring (bicyclic) bond motifs is 2. The van der Waals surface area contributed by atoms with Crippen molar-refractivity contribution in [3.8, 4) is 5.75 Å². The van der Waals surface area contributed by atoms with Crippen LogP contribution in [0.3, 0.4) is 0 Å². The van der Waals surface area contributed by atoms with E-state index in [0.717, 1.165) is 26.1 Å². The number of amides is 2. The molecule has 3 aromatic carbocycles. The summed E-state index contributed by atoms with van der Waals surface area (Å²) < 4.78 is 0. The van der Waals surface area contributed by atoms with E-state index in [1.807, 2.05) is 42.7 Å². The van der Waals surface area contributed by atoms with E-state index in [1.165, 1.54) is 6.21 Å². The highest BCUT2D eigenvalue weighted by Gasteiger charge is 2.28. The van der Waals surface area contributed by atoms with Crippen molar-refractivity contribution in [1.29, 1.82) is 0 Å². The second kappa shape index (κ2) is 8.00. The Balaban J connectivity index is 1.66. The highest BCUT2D eigenvalue weighted by molar-refractivity contribution is 8.00. The zero-order valence-electron chi connectivity index (χ0n) is 15.0. The Morgan fingerprint density at radius 1 is 1.07 bits per heavy atom. The fourth-order valence-electron chi connectivity index (χ4n) is 2.88. The molecule has 2 amide bonds. The van der Waals surface area contributed by atoms with Gasteiger partial charge in [0.15, 0.2) is 0 Å². The van der Waals surface area contributed by atoms with E-state index < -0.39 is 0 Å². The maximum Gasteiger partial charge on any atom is 0.346 e. The molecule has 4 rings (SSSR count). The SMILES string of the molecule is CSc1ccc2c(c1)N(C(=O)N/N=C/c1ccccc1O)c1ccccc1S2. The largest absolute Gasteiger partial charge is 0.507 e. The molecular formula is C21H17N3O2S2. The molecule has 1 aliphatic rings. The lowest BCUT2D eigenvalue weighted by Gasteiger charge is -2.30. The number of para-hydroxylation sites is 2. The van der Waals surface area contributed by atoms with Crippen molar-refractivity contribution < 1.29 is 9.90 Å². The van der Waals surface area contributed by atoms with Crippen LogP contribution in [-0.2, 0) is 0 Å². The third kappa shape index (κ3) is 3.58. The maximum absolute atomic E-state index is 13.0. The first-order chi connectivity index (χ1) is 13.7. The molecule has 0 spiro atoms. The summed E-state index contributed by atoms with van der Waals surface area (Å²) in [5.41, 5.74) is 4.74. The van der Waals surface area contributed by atoms with Gasteiger partial charge in [0.25, 0.3) is 0 Å². The van der Waals surface area contributed by atoms with Crippen LogP contribution in [0, 0.1) is 0 Å². The van der Waals surface area contributed by atoms with Gasteiger partial charge >= 0.3 is 6.03 Å². The Kier molecular flexibility index (Phi) is 5.27. The van der Waals surface area contributed by atoms with Crippen LogP contribution >= 0.6 is 23.5 Å². The lowest BCUT2D eigenvalue weighted by atomic mass is 10.2. The van der Waals surface area contributed by atoms with Crippen molar-refractivity contribution in [2.75, 3.05) is 11.2 Å². The van der Waals surface area contributed by atoms with E-state index in [0.29, 0.717) is 5.56 Å². The van der Waals surface area contributed by atoms with E-state index in [1.54, 1.807) is 52.7 Å². The molecule has 0 bridgehead atoms.